The summed E-state index contributed by atoms with van der Waals surface area (Å²) in [5.41, 5.74) is 6.10. The van der Waals surface area contributed by atoms with Crippen LogP contribution in [0.25, 0.3) is 0 Å². The van der Waals surface area contributed by atoms with Crippen molar-refractivity contribution in [3.05, 3.63) is 33.0 Å². The molecule has 0 amide bonds. The summed E-state index contributed by atoms with van der Waals surface area (Å²) in [5, 5.41) is 0.431. The van der Waals surface area contributed by atoms with Gasteiger partial charge in [-0.2, -0.15) is 0 Å². The first-order valence-electron chi connectivity index (χ1n) is 4.97. The summed E-state index contributed by atoms with van der Waals surface area (Å²) in [6, 6.07) is 3.30. The standard InChI is InChI=1S/C11H12BrClFN/c12-7-3-4-8(13)9(10(7)14)11(15)5-1-2-6-11/h3-4H,1-2,5-6,15H2. The summed E-state index contributed by atoms with van der Waals surface area (Å²) in [7, 11) is 0. The molecular weight excluding hydrogens is 280 g/mol. The maximum Gasteiger partial charge on any atom is 0.143 e. The van der Waals surface area contributed by atoms with E-state index in [-0.39, 0.29) is 5.82 Å². The molecule has 1 aromatic rings. The molecule has 0 aromatic heterocycles. The van der Waals surface area contributed by atoms with E-state index in [4.69, 9.17) is 17.3 Å². The Morgan fingerprint density at radius 2 is 1.93 bits per heavy atom. The molecule has 4 heteroatoms. The number of hydrogen-bond donors (Lipinski definition) is 1. The summed E-state index contributed by atoms with van der Waals surface area (Å²) in [4.78, 5) is 0. The van der Waals surface area contributed by atoms with Crippen molar-refractivity contribution >= 4 is 27.5 Å². The minimum atomic E-state index is -0.578. The quantitative estimate of drug-likeness (QED) is 0.779. The van der Waals surface area contributed by atoms with Gasteiger partial charge in [-0.25, -0.2) is 4.39 Å². The molecule has 0 spiro atoms. The van der Waals surface area contributed by atoms with Gasteiger partial charge in [0.1, 0.15) is 5.82 Å². The number of halogens is 3. The van der Waals surface area contributed by atoms with Gasteiger partial charge in [0, 0.05) is 16.1 Å². The fourth-order valence-corrected chi connectivity index (χ4v) is 2.90. The molecule has 1 aromatic carbocycles. The molecule has 0 radical (unpaired) electrons. The van der Waals surface area contributed by atoms with Gasteiger partial charge in [0.05, 0.1) is 4.47 Å². The second kappa shape index (κ2) is 4.04. The molecule has 0 saturated heterocycles. The average Bonchev–Trinajstić information content (AvgIpc) is 2.60. The summed E-state index contributed by atoms with van der Waals surface area (Å²) < 4.78 is 14.4. The lowest BCUT2D eigenvalue weighted by Gasteiger charge is -2.26. The number of hydrogen-bond acceptors (Lipinski definition) is 1. The molecule has 0 heterocycles. The summed E-state index contributed by atoms with van der Waals surface area (Å²) in [6.45, 7) is 0. The normalized spacial score (nSPS) is 19.5. The second-order valence-electron chi connectivity index (χ2n) is 4.08. The van der Waals surface area contributed by atoms with E-state index in [1.165, 1.54) is 0 Å². The van der Waals surface area contributed by atoms with Crippen molar-refractivity contribution in [3.8, 4) is 0 Å². The van der Waals surface area contributed by atoms with Gasteiger partial charge in [-0.15, -0.1) is 0 Å². The minimum absolute atomic E-state index is 0.313. The van der Waals surface area contributed by atoms with Crippen LogP contribution in [0.3, 0.4) is 0 Å². The van der Waals surface area contributed by atoms with E-state index in [9.17, 15) is 4.39 Å². The lowest BCUT2D eigenvalue weighted by Crippen LogP contribution is -2.34. The Morgan fingerprint density at radius 1 is 1.33 bits per heavy atom. The number of nitrogens with two attached hydrogens (primary N) is 1. The Labute approximate surface area is 102 Å². The third-order valence-electron chi connectivity index (χ3n) is 3.04. The highest BCUT2D eigenvalue weighted by Crippen LogP contribution is 2.42. The Bertz CT molecular complexity index is 388. The topological polar surface area (TPSA) is 26.0 Å². The van der Waals surface area contributed by atoms with Gasteiger partial charge in [-0.3, -0.25) is 0 Å². The van der Waals surface area contributed by atoms with E-state index in [1.54, 1.807) is 12.1 Å². The Hall–Kier alpha value is -0.120. The van der Waals surface area contributed by atoms with Crippen molar-refractivity contribution in [1.29, 1.82) is 0 Å². The van der Waals surface area contributed by atoms with Crippen molar-refractivity contribution in [2.24, 2.45) is 5.73 Å². The maximum absolute atomic E-state index is 13.9. The van der Waals surface area contributed by atoms with Gasteiger partial charge in [0.15, 0.2) is 0 Å². The van der Waals surface area contributed by atoms with Crippen LogP contribution < -0.4 is 5.73 Å². The SMILES string of the molecule is NC1(c2c(Cl)ccc(Br)c2F)CCCC1. The first kappa shape index (κ1) is 11.4. The van der Waals surface area contributed by atoms with Crippen LogP contribution in [0.2, 0.25) is 5.02 Å². The molecule has 0 unspecified atom stereocenters. The van der Waals surface area contributed by atoms with E-state index >= 15 is 0 Å². The summed E-state index contributed by atoms with van der Waals surface area (Å²) >= 11 is 9.19. The summed E-state index contributed by atoms with van der Waals surface area (Å²) in [6.07, 6.45) is 3.69. The predicted octanol–water partition coefficient (Wildman–Crippen LogP) is 3.97. The first-order valence-corrected chi connectivity index (χ1v) is 6.14. The van der Waals surface area contributed by atoms with Crippen LogP contribution in [0, 0.1) is 5.82 Å². The lowest BCUT2D eigenvalue weighted by atomic mass is 9.89. The lowest BCUT2D eigenvalue weighted by molar-refractivity contribution is 0.432. The zero-order chi connectivity index (χ0) is 11.1. The highest BCUT2D eigenvalue weighted by Gasteiger charge is 2.36. The van der Waals surface area contributed by atoms with Crippen LogP contribution in [-0.2, 0) is 5.54 Å². The molecule has 15 heavy (non-hydrogen) atoms. The largest absolute Gasteiger partial charge is 0.321 e. The van der Waals surface area contributed by atoms with Gasteiger partial charge in [0.25, 0.3) is 0 Å². The molecule has 1 saturated carbocycles. The Balaban J connectivity index is 2.55. The molecule has 1 aliphatic carbocycles. The van der Waals surface area contributed by atoms with Gasteiger partial charge in [-0.05, 0) is 40.9 Å². The molecule has 1 aliphatic rings. The maximum atomic E-state index is 13.9. The van der Waals surface area contributed by atoms with Gasteiger partial charge in [0.2, 0.25) is 0 Å². The van der Waals surface area contributed by atoms with E-state index in [0.717, 1.165) is 25.7 Å². The van der Waals surface area contributed by atoms with Crippen LogP contribution in [0.15, 0.2) is 16.6 Å². The molecule has 1 fully saturated rings. The number of rotatable bonds is 1. The highest BCUT2D eigenvalue weighted by molar-refractivity contribution is 9.10. The zero-order valence-electron chi connectivity index (χ0n) is 8.19. The van der Waals surface area contributed by atoms with Crippen LogP contribution >= 0.6 is 27.5 Å². The first-order chi connectivity index (χ1) is 7.04. The Kier molecular flexibility index (Phi) is 3.06. The molecule has 0 aliphatic heterocycles. The fourth-order valence-electron chi connectivity index (χ4n) is 2.24. The fraction of sp³-hybridized carbons (Fsp3) is 0.455. The predicted molar refractivity (Wildman–Crippen MR) is 63.4 cm³/mol. The minimum Gasteiger partial charge on any atom is -0.321 e. The second-order valence-corrected chi connectivity index (χ2v) is 5.34. The molecule has 2 N–H and O–H groups in total. The van der Waals surface area contributed by atoms with E-state index in [0.29, 0.717) is 15.1 Å². The van der Waals surface area contributed by atoms with E-state index < -0.39 is 5.54 Å². The summed E-state index contributed by atoms with van der Waals surface area (Å²) in [5.74, 6) is -0.313. The van der Waals surface area contributed by atoms with E-state index in [2.05, 4.69) is 15.9 Å². The third-order valence-corrected chi connectivity index (χ3v) is 3.97. The van der Waals surface area contributed by atoms with Gasteiger partial charge >= 0.3 is 0 Å². The van der Waals surface area contributed by atoms with Crippen LogP contribution in [0.4, 0.5) is 4.39 Å². The average molecular weight is 293 g/mol. The number of benzene rings is 1. The monoisotopic (exact) mass is 291 g/mol. The molecule has 0 atom stereocenters. The molecule has 0 bridgehead atoms. The van der Waals surface area contributed by atoms with Crippen LogP contribution in [-0.4, -0.2) is 0 Å². The highest BCUT2D eigenvalue weighted by atomic mass is 79.9. The van der Waals surface area contributed by atoms with Gasteiger partial charge in [-0.1, -0.05) is 24.4 Å². The van der Waals surface area contributed by atoms with E-state index in [1.807, 2.05) is 0 Å². The van der Waals surface area contributed by atoms with Crippen molar-refractivity contribution in [2.75, 3.05) is 0 Å². The molecular formula is C11H12BrClFN. The zero-order valence-corrected chi connectivity index (χ0v) is 10.5. The van der Waals surface area contributed by atoms with Crippen molar-refractivity contribution < 1.29 is 4.39 Å². The molecule has 2 rings (SSSR count). The van der Waals surface area contributed by atoms with Crippen LogP contribution in [0.5, 0.6) is 0 Å². The molecule has 1 nitrogen and oxygen atoms in total. The van der Waals surface area contributed by atoms with Crippen molar-refractivity contribution in [2.45, 2.75) is 31.2 Å². The van der Waals surface area contributed by atoms with Crippen molar-refractivity contribution in [1.82, 2.24) is 0 Å². The van der Waals surface area contributed by atoms with Crippen molar-refractivity contribution in [3.63, 3.8) is 0 Å². The molecule has 82 valence electrons. The van der Waals surface area contributed by atoms with Crippen LogP contribution in [0.1, 0.15) is 31.2 Å². The Morgan fingerprint density at radius 3 is 2.53 bits per heavy atom. The third kappa shape index (κ3) is 1.93. The van der Waals surface area contributed by atoms with Gasteiger partial charge < -0.3 is 5.73 Å². The smallest absolute Gasteiger partial charge is 0.143 e.